The van der Waals surface area contributed by atoms with E-state index in [4.69, 9.17) is 24.9 Å². The van der Waals surface area contributed by atoms with Gasteiger partial charge in [0.05, 0.1) is 28.1 Å². The fraction of sp³-hybridized carbons (Fsp3) is 0.0179. The molecular weight excluding hydrogens is 757 g/mol. The lowest BCUT2D eigenvalue weighted by Crippen LogP contribution is -2.04. The summed E-state index contributed by atoms with van der Waals surface area (Å²) in [6.07, 6.45) is 0. The largest absolute Gasteiger partial charge is 0.309 e. The quantitative estimate of drug-likeness (QED) is 0.153. The van der Waals surface area contributed by atoms with Gasteiger partial charge < -0.3 is 4.57 Å². The molecule has 3 aromatic heterocycles. The number of aromatic nitrogens is 6. The van der Waals surface area contributed by atoms with Crippen LogP contribution in [0.15, 0.2) is 212 Å². The Labute approximate surface area is 359 Å². The van der Waals surface area contributed by atoms with Crippen LogP contribution in [0.25, 0.3) is 107 Å². The molecule has 0 aliphatic rings. The number of aryl methyl sites for hydroxylation is 1. The number of benzene rings is 8. The first-order valence-corrected chi connectivity index (χ1v) is 20.8. The van der Waals surface area contributed by atoms with Crippen LogP contribution < -0.4 is 0 Å². The zero-order chi connectivity index (χ0) is 41.4. The van der Waals surface area contributed by atoms with Crippen molar-refractivity contribution in [2.75, 3.05) is 0 Å². The van der Waals surface area contributed by atoms with Crippen LogP contribution in [0.1, 0.15) is 5.56 Å². The van der Waals surface area contributed by atoms with Gasteiger partial charge in [0.25, 0.3) is 0 Å². The van der Waals surface area contributed by atoms with Crippen LogP contribution in [-0.4, -0.2) is 29.5 Å². The van der Waals surface area contributed by atoms with Gasteiger partial charge in [0, 0.05) is 44.2 Å². The smallest absolute Gasteiger partial charge is 0.166 e. The number of nitrogens with zero attached hydrogens (tertiary/aromatic N) is 6. The Bertz CT molecular complexity index is 3270. The fourth-order valence-corrected chi connectivity index (χ4v) is 8.22. The van der Waals surface area contributed by atoms with E-state index in [-0.39, 0.29) is 0 Å². The molecule has 0 amide bonds. The predicted octanol–water partition coefficient (Wildman–Crippen LogP) is 13.7. The Kier molecular flexibility index (Phi) is 9.28. The van der Waals surface area contributed by atoms with E-state index in [9.17, 15) is 0 Å². The molecule has 8 aromatic carbocycles. The van der Waals surface area contributed by atoms with Gasteiger partial charge in [-0.05, 0) is 54.4 Å². The summed E-state index contributed by atoms with van der Waals surface area (Å²) in [5.41, 5.74) is 13.8. The van der Waals surface area contributed by atoms with Gasteiger partial charge in [0.15, 0.2) is 23.3 Å². The second-order valence-corrected chi connectivity index (χ2v) is 15.4. The highest BCUT2D eigenvalue weighted by molar-refractivity contribution is 6.11. The normalized spacial score (nSPS) is 11.3. The van der Waals surface area contributed by atoms with Crippen LogP contribution in [0.2, 0.25) is 0 Å². The molecule has 0 atom stereocenters. The molecule has 292 valence electrons. The van der Waals surface area contributed by atoms with Gasteiger partial charge in [-0.15, -0.1) is 0 Å². The van der Waals surface area contributed by atoms with Crippen molar-refractivity contribution in [1.29, 1.82) is 0 Å². The Morgan fingerprint density at radius 1 is 0.306 bits per heavy atom. The van der Waals surface area contributed by atoms with Crippen LogP contribution in [0.3, 0.4) is 0 Å². The molecule has 0 N–H and O–H groups in total. The minimum atomic E-state index is 0.553. The lowest BCUT2D eigenvalue weighted by Gasteiger charge is -2.17. The number of rotatable bonds is 8. The zero-order valence-electron chi connectivity index (χ0n) is 33.9. The van der Waals surface area contributed by atoms with E-state index < -0.39 is 0 Å². The maximum absolute atomic E-state index is 5.29. The molecule has 0 fully saturated rings. The topological polar surface area (TPSA) is 69.4 Å². The average molecular weight is 795 g/mol. The molecule has 0 radical (unpaired) electrons. The summed E-state index contributed by atoms with van der Waals surface area (Å²) in [6.45, 7) is 2.12. The maximum atomic E-state index is 5.29. The minimum absolute atomic E-state index is 0.553. The van der Waals surface area contributed by atoms with Crippen LogP contribution in [0, 0.1) is 6.92 Å². The first-order valence-electron chi connectivity index (χ1n) is 20.8. The standard InChI is InChI=1S/C56H38N6/c1-37-26-28-38(29-27-37)43-30-32-51-46(34-43)45-24-14-15-25-50(45)62(51)52-33-31-44(49-36-48(39-16-6-2-7-17-39)57-53(58-49)40-18-8-3-9-19-40)35-47(52)56-60-54(41-20-10-4-11-21-41)59-55(61-56)42-22-12-5-13-23-42/h2-36H,1H3. The molecule has 62 heavy (non-hydrogen) atoms. The van der Waals surface area contributed by atoms with Gasteiger partial charge in [0.2, 0.25) is 0 Å². The third-order valence-electron chi connectivity index (χ3n) is 11.4. The number of fused-ring (bicyclic) bond motifs is 3. The Morgan fingerprint density at radius 3 is 1.39 bits per heavy atom. The highest BCUT2D eigenvalue weighted by Crippen LogP contribution is 2.40. The Hall–Kier alpha value is -8.35. The number of para-hydroxylation sites is 1. The Balaban J connectivity index is 1.19. The van der Waals surface area contributed by atoms with Gasteiger partial charge in [0.1, 0.15) is 0 Å². The van der Waals surface area contributed by atoms with Gasteiger partial charge in [-0.3, -0.25) is 0 Å². The van der Waals surface area contributed by atoms with Crippen molar-refractivity contribution in [2.24, 2.45) is 0 Å². The molecular formula is C56H38N6. The van der Waals surface area contributed by atoms with E-state index in [0.717, 1.165) is 72.3 Å². The maximum Gasteiger partial charge on any atom is 0.166 e. The molecule has 0 saturated carbocycles. The summed E-state index contributed by atoms with van der Waals surface area (Å²) in [6, 6.07) is 73.4. The summed E-state index contributed by atoms with van der Waals surface area (Å²) in [5.74, 6) is 2.39. The van der Waals surface area contributed by atoms with Crippen molar-refractivity contribution in [1.82, 2.24) is 29.5 Å². The fourth-order valence-electron chi connectivity index (χ4n) is 8.22. The molecule has 0 aliphatic carbocycles. The molecule has 0 aliphatic heterocycles. The highest BCUT2D eigenvalue weighted by atomic mass is 15.1. The van der Waals surface area contributed by atoms with Crippen molar-refractivity contribution < 1.29 is 0 Å². The van der Waals surface area contributed by atoms with E-state index >= 15 is 0 Å². The minimum Gasteiger partial charge on any atom is -0.309 e. The van der Waals surface area contributed by atoms with Crippen LogP contribution in [0.4, 0.5) is 0 Å². The monoisotopic (exact) mass is 794 g/mol. The summed E-state index contributed by atoms with van der Waals surface area (Å²) in [4.78, 5) is 25.9. The van der Waals surface area contributed by atoms with Crippen molar-refractivity contribution in [2.45, 2.75) is 6.92 Å². The molecule has 6 nitrogen and oxygen atoms in total. The van der Waals surface area contributed by atoms with E-state index in [1.165, 1.54) is 16.7 Å². The Morgan fingerprint density at radius 2 is 0.774 bits per heavy atom. The first kappa shape index (κ1) is 36.7. The average Bonchev–Trinajstić information content (AvgIpc) is 3.68. The SMILES string of the molecule is Cc1ccc(-c2ccc3c(c2)c2ccccc2n3-c2ccc(-c3cc(-c4ccccc4)nc(-c4ccccc4)n3)cc2-c2nc(-c3ccccc3)nc(-c3ccccc3)n2)cc1. The summed E-state index contributed by atoms with van der Waals surface area (Å²) in [7, 11) is 0. The van der Waals surface area contributed by atoms with Gasteiger partial charge in [-0.25, -0.2) is 24.9 Å². The summed E-state index contributed by atoms with van der Waals surface area (Å²) in [5, 5.41) is 2.32. The summed E-state index contributed by atoms with van der Waals surface area (Å²) < 4.78 is 2.35. The van der Waals surface area contributed by atoms with E-state index in [1.807, 2.05) is 97.1 Å². The number of hydrogen-bond acceptors (Lipinski definition) is 5. The van der Waals surface area contributed by atoms with Crippen LogP contribution >= 0.6 is 0 Å². The van der Waals surface area contributed by atoms with Crippen molar-refractivity contribution in [3.8, 4) is 84.9 Å². The molecule has 0 spiro atoms. The lowest BCUT2D eigenvalue weighted by atomic mass is 10.0. The second kappa shape index (κ2) is 15.7. The number of hydrogen-bond donors (Lipinski definition) is 0. The van der Waals surface area contributed by atoms with E-state index in [0.29, 0.717) is 23.3 Å². The molecule has 6 heteroatoms. The lowest BCUT2D eigenvalue weighted by molar-refractivity contribution is 1.06. The van der Waals surface area contributed by atoms with Gasteiger partial charge in [-0.2, -0.15) is 0 Å². The highest BCUT2D eigenvalue weighted by Gasteiger charge is 2.22. The zero-order valence-corrected chi connectivity index (χ0v) is 33.9. The molecule has 11 aromatic rings. The molecule has 11 rings (SSSR count). The first-order chi connectivity index (χ1) is 30.6. The molecule has 0 saturated heterocycles. The predicted molar refractivity (Wildman–Crippen MR) is 253 cm³/mol. The van der Waals surface area contributed by atoms with Crippen molar-refractivity contribution in [3.63, 3.8) is 0 Å². The second-order valence-electron chi connectivity index (χ2n) is 15.4. The summed E-state index contributed by atoms with van der Waals surface area (Å²) >= 11 is 0. The third-order valence-corrected chi connectivity index (χ3v) is 11.4. The van der Waals surface area contributed by atoms with Crippen LogP contribution in [-0.2, 0) is 0 Å². The third kappa shape index (κ3) is 6.89. The van der Waals surface area contributed by atoms with Crippen molar-refractivity contribution in [3.05, 3.63) is 218 Å². The van der Waals surface area contributed by atoms with Gasteiger partial charge >= 0.3 is 0 Å². The van der Waals surface area contributed by atoms with Gasteiger partial charge in [-0.1, -0.05) is 181 Å². The molecule has 3 heterocycles. The van der Waals surface area contributed by atoms with Crippen molar-refractivity contribution >= 4 is 21.8 Å². The molecule has 0 unspecified atom stereocenters. The van der Waals surface area contributed by atoms with Crippen LogP contribution in [0.5, 0.6) is 0 Å². The van der Waals surface area contributed by atoms with E-state index in [1.54, 1.807) is 0 Å². The van der Waals surface area contributed by atoms with E-state index in [2.05, 4.69) is 127 Å². The molecule has 0 bridgehead atoms.